The molecule has 0 fully saturated rings. The zero-order chi connectivity index (χ0) is 31.9. The molecule has 6 aromatic rings. The molecule has 0 atom stereocenters. The summed E-state index contributed by atoms with van der Waals surface area (Å²) in [4.78, 5) is 23.6. The quantitative estimate of drug-likeness (QED) is 0.110. The van der Waals surface area contributed by atoms with Crippen molar-refractivity contribution < 1.29 is 9.59 Å². The highest BCUT2D eigenvalue weighted by Gasteiger charge is 2.04. The van der Waals surface area contributed by atoms with E-state index in [1.807, 2.05) is 109 Å². The molecule has 0 bridgehead atoms. The van der Waals surface area contributed by atoms with Crippen LogP contribution in [0.15, 0.2) is 159 Å². The van der Waals surface area contributed by atoms with Gasteiger partial charge >= 0.3 is 0 Å². The number of rotatable bonds is 6. The molecule has 0 saturated heterocycles. The molecule has 0 heterocycles. The number of allylic oxidation sites excluding steroid dienone is 2. The fourth-order valence-electron chi connectivity index (χ4n) is 5.07. The van der Waals surface area contributed by atoms with Crippen molar-refractivity contribution in [3.05, 3.63) is 192 Å². The van der Waals surface area contributed by atoms with Crippen LogP contribution in [0, 0.1) is 23.7 Å². The van der Waals surface area contributed by atoms with Gasteiger partial charge in [0.1, 0.15) is 0 Å². The SMILES string of the molecule is C=CC(=O)c1ccc(-c2ccc(C#Cc3ccc4cc(C#Cc5ccc(-c6ccc(C(=O)C=C)cc6)cc5)ccc4c3)cc2)cc1. The Kier molecular flexibility index (Phi) is 8.64. The van der Waals surface area contributed by atoms with Crippen LogP contribution in [0.4, 0.5) is 0 Å². The van der Waals surface area contributed by atoms with Crippen LogP contribution in [-0.4, -0.2) is 11.6 Å². The van der Waals surface area contributed by atoms with Gasteiger partial charge in [0.25, 0.3) is 0 Å². The van der Waals surface area contributed by atoms with Crippen LogP contribution in [0.2, 0.25) is 0 Å². The average Bonchev–Trinajstić information content (AvgIpc) is 3.13. The first kappa shape index (κ1) is 29.6. The summed E-state index contributed by atoms with van der Waals surface area (Å²) in [5, 5.41) is 2.22. The van der Waals surface area contributed by atoms with Gasteiger partial charge in [0, 0.05) is 33.4 Å². The van der Waals surface area contributed by atoms with Crippen LogP contribution in [0.5, 0.6) is 0 Å². The van der Waals surface area contributed by atoms with Gasteiger partial charge in [0.15, 0.2) is 11.6 Å². The molecule has 2 heteroatoms. The van der Waals surface area contributed by atoms with Gasteiger partial charge in [0.2, 0.25) is 0 Å². The van der Waals surface area contributed by atoms with Crippen molar-refractivity contribution >= 4 is 22.3 Å². The van der Waals surface area contributed by atoms with Crippen LogP contribution < -0.4 is 0 Å². The Balaban J connectivity index is 1.11. The maximum Gasteiger partial charge on any atom is 0.185 e. The summed E-state index contributed by atoms with van der Waals surface area (Å²) in [7, 11) is 0. The lowest BCUT2D eigenvalue weighted by Gasteiger charge is -2.03. The molecule has 0 unspecified atom stereocenters. The molecular formula is C44H28O2. The first-order chi connectivity index (χ1) is 22.5. The lowest BCUT2D eigenvalue weighted by molar-refractivity contribution is 0.103. The third-order valence-electron chi connectivity index (χ3n) is 7.69. The first-order valence-electron chi connectivity index (χ1n) is 14.8. The molecule has 0 aliphatic carbocycles. The zero-order valence-corrected chi connectivity index (χ0v) is 25.1. The van der Waals surface area contributed by atoms with Crippen molar-refractivity contribution in [3.8, 4) is 45.9 Å². The Labute approximate surface area is 269 Å². The Hall–Kier alpha value is -6.48. The van der Waals surface area contributed by atoms with Crippen LogP contribution in [0.1, 0.15) is 43.0 Å². The minimum Gasteiger partial charge on any atom is -0.289 e. The van der Waals surface area contributed by atoms with Gasteiger partial charge < -0.3 is 0 Å². The lowest BCUT2D eigenvalue weighted by atomic mass is 10.0. The first-order valence-corrected chi connectivity index (χ1v) is 14.8. The Morgan fingerprint density at radius 1 is 0.391 bits per heavy atom. The molecule has 0 amide bonds. The summed E-state index contributed by atoms with van der Waals surface area (Å²) in [6, 6.07) is 43.7. The number of hydrogen-bond acceptors (Lipinski definition) is 2. The van der Waals surface area contributed by atoms with E-state index in [0.717, 1.165) is 55.3 Å². The van der Waals surface area contributed by atoms with Gasteiger partial charge in [-0.2, -0.15) is 0 Å². The molecule has 6 rings (SSSR count). The van der Waals surface area contributed by atoms with E-state index in [0.29, 0.717) is 11.1 Å². The van der Waals surface area contributed by atoms with E-state index in [2.05, 4.69) is 61.1 Å². The molecule has 0 radical (unpaired) electrons. The molecule has 6 aromatic carbocycles. The number of benzene rings is 6. The molecule has 0 saturated carbocycles. The molecule has 0 aliphatic rings. The summed E-state index contributed by atoms with van der Waals surface area (Å²) in [6.07, 6.45) is 2.65. The highest BCUT2D eigenvalue weighted by molar-refractivity contribution is 6.05. The second kappa shape index (κ2) is 13.4. The van der Waals surface area contributed by atoms with Crippen molar-refractivity contribution in [3.63, 3.8) is 0 Å². The van der Waals surface area contributed by atoms with E-state index in [9.17, 15) is 9.59 Å². The topological polar surface area (TPSA) is 34.1 Å². The normalized spacial score (nSPS) is 10.2. The molecule has 46 heavy (non-hydrogen) atoms. The van der Waals surface area contributed by atoms with E-state index < -0.39 is 0 Å². The number of fused-ring (bicyclic) bond motifs is 1. The minimum absolute atomic E-state index is 0.0809. The van der Waals surface area contributed by atoms with Gasteiger partial charge in [-0.15, -0.1) is 0 Å². The van der Waals surface area contributed by atoms with Crippen molar-refractivity contribution in [1.29, 1.82) is 0 Å². The fourth-order valence-corrected chi connectivity index (χ4v) is 5.07. The molecule has 0 spiro atoms. The minimum atomic E-state index is -0.0809. The van der Waals surface area contributed by atoms with E-state index >= 15 is 0 Å². The predicted molar refractivity (Wildman–Crippen MR) is 189 cm³/mol. The summed E-state index contributed by atoms with van der Waals surface area (Å²) in [5.74, 6) is 12.9. The van der Waals surface area contributed by atoms with E-state index in [-0.39, 0.29) is 11.6 Å². The maximum absolute atomic E-state index is 11.8. The van der Waals surface area contributed by atoms with Crippen molar-refractivity contribution in [1.82, 2.24) is 0 Å². The van der Waals surface area contributed by atoms with Crippen LogP contribution in [0.3, 0.4) is 0 Å². The van der Waals surface area contributed by atoms with Gasteiger partial charge in [-0.05, 0) is 93.7 Å². The number of ketones is 2. The number of carbonyl (C=O) groups excluding carboxylic acids is 2. The van der Waals surface area contributed by atoms with Crippen LogP contribution in [0.25, 0.3) is 33.0 Å². The van der Waals surface area contributed by atoms with E-state index in [1.54, 1.807) is 0 Å². The summed E-state index contributed by atoms with van der Waals surface area (Å²) in [5.41, 5.74) is 9.22. The molecule has 0 aromatic heterocycles. The second-order valence-corrected chi connectivity index (χ2v) is 10.7. The summed E-state index contributed by atoms with van der Waals surface area (Å²) < 4.78 is 0. The molecular weight excluding hydrogens is 560 g/mol. The highest BCUT2D eigenvalue weighted by Crippen LogP contribution is 2.23. The third kappa shape index (κ3) is 6.84. The fraction of sp³-hybridized carbons (Fsp3) is 0. The predicted octanol–water partition coefficient (Wildman–Crippen LogP) is 9.71. The van der Waals surface area contributed by atoms with Gasteiger partial charge in [-0.25, -0.2) is 0 Å². The molecule has 0 N–H and O–H groups in total. The molecule has 0 aliphatic heterocycles. The van der Waals surface area contributed by atoms with Gasteiger partial charge in [0.05, 0.1) is 0 Å². The molecule has 2 nitrogen and oxygen atoms in total. The van der Waals surface area contributed by atoms with Crippen molar-refractivity contribution in [2.75, 3.05) is 0 Å². The monoisotopic (exact) mass is 588 g/mol. The number of carbonyl (C=O) groups is 2. The Bertz CT molecular complexity index is 2060. The van der Waals surface area contributed by atoms with Crippen LogP contribution >= 0.6 is 0 Å². The third-order valence-corrected chi connectivity index (χ3v) is 7.69. The van der Waals surface area contributed by atoms with Crippen LogP contribution in [-0.2, 0) is 0 Å². The second-order valence-electron chi connectivity index (χ2n) is 10.7. The van der Waals surface area contributed by atoms with Gasteiger partial charge in [-0.3, -0.25) is 9.59 Å². The summed E-state index contributed by atoms with van der Waals surface area (Å²) in [6.45, 7) is 7.08. The Morgan fingerprint density at radius 2 is 0.674 bits per heavy atom. The van der Waals surface area contributed by atoms with E-state index in [1.165, 1.54) is 12.2 Å². The Morgan fingerprint density at radius 3 is 1.00 bits per heavy atom. The van der Waals surface area contributed by atoms with Crippen molar-refractivity contribution in [2.24, 2.45) is 0 Å². The maximum atomic E-state index is 11.8. The largest absolute Gasteiger partial charge is 0.289 e. The van der Waals surface area contributed by atoms with E-state index in [4.69, 9.17) is 0 Å². The van der Waals surface area contributed by atoms with Crippen molar-refractivity contribution in [2.45, 2.75) is 0 Å². The highest BCUT2D eigenvalue weighted by atomic mass is 16.1. The zero-order valence-electron chi connectivity index (χ0n) is 25.1. The standard InChI is InChI=1S/C44H28O2/c1-3-43(45)39-25-21-37(22-26-39)35-15-9-31(10-16-35)5-7-33-13-19-42-30-34(14-20-41(42)29-33)8-6-32-11-17-36(18-12-32)38-23-27-40(28-24-38)44(46)4-2/h3-4,9-30H,1-2H2. The number of hydrogen-bond donors (Lipinski definition) is 0. The average molecular weight is 589 g/mol. The van der Waals surface area contributed by atoms with Gasteiger partial charge in [-0.1, -0.05) is 122 Å². The molecule has 216 valence electrons. The lowest BCUT2D eigenvalue weighted by Crippen LogP contribution is -1.92. The summed E-state index contributed by atoms with van der Waals surface area (Å²) >= 11 is 0. The smallest absolute Gasteiger partial charge is 0.185 e.